The molecule has 0 bridgehead atoms. The zero-order chi connectivity index (χ0) is 43.1. The van der Waals surface area contributed by atoms with Crippen molar-refractivity contribution in [3.05, 3.63) is 237 Å². The van der Waals surface area contributed by atoms with Crippen LogP contribution in [0.25, 0.3) is 123 Å². The maximum atomic E-state index is 6.86. The first kappa shape index (κ1) is 38.0. The molecular weight excluding hydrogens is 791 g/mol. The van der Waals surface area contributed by atoms with Gasteiger partial charge in [-0.25, -0.2) is 15.0 Å². The first-order valence-electron chi connectivity index (χ1n) is 21.9. The van der Waals surface area contributed by atoms with E-state index in [0.29, 0.717) is 17.5 Å². The Kier molecular flexibility index (Phi) is 9.46. The Hall–Kier alpha value is -8.73. The highest BCUT2D eigenvalue weighted by atomic mass is 16.3. The van der Waals surface area contributed by atoms with Crippen molar-refractivity contribution in [1.82, 2.24) is 15.0 Å². The predicted molar refractivity (Wildman–Crippen MR) is 268 cm³/mol. The number of furan rings is 1. The summed E-state index contributed by atoms with van der Waals surface area (Å²) in [7, 11) is 0. The Morgan fingerprint density at radius 2 is 0.723 bits per heavy atom. The fourth-order valence-corrected chi connectivity index (χ4v) is 9.10. The number of benzene rings is 10. The molecule has 0 saturated carbocycles. The molecule has 0 aliphatic carbocycles. The molecule has 4 heteroatoms. The van der Waals surface area contributed by atoms with E-state index in [9.17, 15) is 0 Å². The normalized spacial score (nSPS) is 11.4. The second-order valence-electron chi connectivity index (χ2n) is 16.3. The summed E-state index contributed by atoms with van der Waals surface area (Å²) in [5.41, 5.74) is 15.7. The van der Waals surface area contributed by atoms with E-state index in [1.165, 1.54) is 33.0 Å². The number of para-hydroxylation sites is 1. The number of rotatable bonds is 8. The van der Waals surface area contributed by atoms with E-state index in [0.717, 1.165) is 72.0 Å². The van der Waals surface area contributed by atoms with E-state index in [1.807, 2.05) is 24.3 Å². The van der Waals surface area contributed by atoms with Crippen molar-refractivity contribution in [3.8, 4) is 89.8 Å². The third kappa shape index (κ3) is 7.13. The van der Waals surface area contributed by atoms with Crippen molar-refractivity contribution < 1.29 is 4.42 Å². The highest BCUT2D eigenvalue weighted by Gasteiger charge is 2.20. The number of fused-ring (bicyclic) bond motifs is 4. The van der Waals surface area contributed by atoms with Crippen molar-refractivity contribution in [2.24, 2.45) is 0 Å². The molecular formula is C61H39N3O. The van der Waals surface area contributed by atoms with Crippen LogP contribution in [0.5, 0.6) is 0 Å². The van der Waals surface area contributed by atoms with Gasteiger partial charge in [-0.15, -0.1) is 0 Å². The molecule has 2 aromatic heterocycles. The summed E-state index contributed by atoms with van der Waals surface area (Å²) < 4.78 is 6.86. The van der Waals surface area contributed by atoms with Crippen LogP contribution in [0.15, 0.2) is 241 Å². The Bertz CT molecular complexity index is 3670. The monoisotopic (exact) mass is 829 g/mol. The number of hydrogen-bond donors (Lipinski definition) is 0. The molecule has 0 saturated heterocycles. The molecule has 0 atom stereocenters. The lowest BCUT2D eigenvalue weighted by atomic mass is 9.92. The minimum Gasteiger partial charge on any atom is -0.455 e. The lowest BCUT2D eigenvalue weighted by molar-refractivity contribution is 0.670. The summed E-state index contributed by atoms with van der Waals surface area (Å²) in [6.07, 6.45) is 0. The van der Waals surface area contributed by atoms with Gasteiger partial charge in [-0.1, -0.05) is 212 Å². The quantitative estimate of drug-likeness (QED) is 0.153. The summed E-state index contributed by atoms with van der Waals surface area (Å²) in [6, 6.07) is 82.9. The van der Waals surface area contributed by atoms with Crippen LogP contribution >= 0.6 is 0 Å². The minimum absolute atomic E-state index is 0.576. The summed E-state index contributed by atoms with van der Waals surface area (Å²) in [4.78, 5) is 15.6. The highest BCUT2D eigenvalue weighted by molar-refractivity contribution is 6.15. The van der Waals surface area contributed by atoms with Crippen LogP contribution in [0, 0.1) is 0 Å². The van der Waals surface area contributed by atoms with Crippen LogP contribution in [-0.2, 0) is 0 Å². The molecule has 10 aromatic carbocycles. The molecule has 2 heterocycles. The van der Waals surface area contributed by atoms with Crippen LogP contribution < -0.4 is 0 Å². The van der Waals surface area contributed by atoms with Crippen LogP contribution in [0.1, 0.15) is 0 Å². The summed E-state index contributed by atoms with van der Waals surface area (Å²) in [5, 5.41) is 4.35. The zero-order valence-corrected chi connectivity index (χ0v) is 35.3. The Morgan fingerprint density at radius 3 is 1.38 bits per heavy atom. The van der Waals surface area contributed by atoms with Gasteiger partial charge in [-0.2, -0.15) is 0 Å². The Morgan fingerprint density at radius 1 is 0.262 bits per heavy atom. The number of hydrogen-bond acceptors (Lipinski definition) is 4. The second-order valence-corrected chi connectivity index (χ2v) is 16.3. The molecule has 0 spiro atoms. The van der Waals surface area contributed by atoms with E-state index in [-0.39, 0.29) is 0 Å². The van der Waals surface area contributed by atoms with Crippen molar-refractivity contribution in [2.75, 3.05) is 0 Å². The largest absolute Gasteiger partial charge is 0.455 e. The van der Waals surface area contributed by atoms with E-state index >= 15 is 0 Å². The zero-order valence-electron chi connectivity index (χ0n) is 35.3. The third-order valence-electron chi connectivity index (χ3n) is 12.4. The van der Waals surface area contributed by atoms with Gasteiger partial charge in [0.1, 0.15) is 11.2 Å². The van der Waals surface area contributed by atoms with Gasteiger partial charge in [-0.3, -0.25) is 0 Å². The van der Waals surface area contributed by atoms with E-state index in [2.05, 4.69) is 212 Å². The van der Waals surface area contributed by atoms with Crippen molar-refractivity contribution in [1.29, 1.82) is 0 Å². The van der Waals surface area contributed by atoms with E-state index in [4.69, 9.17) is 19.4 Å². The van der Waals surface area contributed by atoms with Gasteiger partial charge in [0.15, 0.2) is 17.5 Å². The Labute approximate surface area is 376 Å². The lowest BCUT2D eigenvalue weighted by Crippen LogP contribution is -2.00. The third-order valence-corrected chi connectivity index (χ3v) is 12.4. The maximum Gasteiger partial charge on any atom is 0.164 e. The molecule has 0 fully saturated rings. The average Bonchev–Trinajstić information content (AvgIpc) is 3.79. The number of nitrogens with zero attached hydrogens (tertiary/aromatic N) is 3. The van der Waals surface area contributed by atoms with Crippen molar-refractivity contribution >= 4 is 32.7 Å². The molecule has 0 N–H and O–H groups in total. The smallest absolute Gasteiger partial charge is 0.164 e. The van der Waals surface area contributed by atoms with Crippen LogP contribution in [0.2, 0.25) is 0 Å². The van der Waals surface area contributed by atoms with E-state index in [1.54, 1.807) is 0 Å². The van der Waals surface area contributed by atoms with Gasteiger partial charge in [0.05, 0.1) is 0 Å². The minimum atomic E-state index is 0.576. The van der Waals surface area contributed by atoms with Gasteiger partial charge in [-0.05, 0) is 85.1 Å². The van der Waals surface area contributed by atoms with E-state index < -0.39 is 0 Å². The standard InChI is InChI=1S/C61H39N3O/c1-4-15-40(16-5-1)42-29-33-45(34-30-42)59-62-60(46-35-31-43(32-36-46)48-23-12-22-47(37-48)41-17-6-2-7-18-41)64-61(63-59)54-27-14-28-56-57(54)53-26-13-25-52(58(53)65-56)50-38-49-21-10-11-24-51(49)55(39-50)44-19-8-3-9-20-44/h1-39H. The molecule has 0 aliphatic heterocycles. The van der Waals surface area contributed by atoms with Crippen LogP contribution in [0.3, 0.4) is 0 Å². The first-order chi connectivity index (χ1) is 32.2. The maximum absolute atomic E-state index is 6.86. The van der Waals surface area contributed by atoms with Gasteiger partial charge >= 0.3 is 0 Å². The van der Waals surface area contributed by atoms with Gasteiger partial charge in [0.2, 0.25) is 0 Å². The molecule has 0 unspecified atom stereocenters. The first-order valence-corrected chi connectivity index (χ1v) is 21.9. The van der Waals surface area contributed by atoms with Crippen molar-refractivity contribution in [3.63, 3.8) is 0 Å². The highest BCUT2D eigenvalue weighted by Crippen LogP contribution is 2.42. The van der Waals surface area contributed by atoms with Gasteiger partial charge in [0, 0.05) is 33.0 Å². The average molecular weight is 830 g/mol. The number of aromatic nitrogens is 3. The van der Waals surface area contributed by atoms with Gasteiger partial charge < -0.3 is 4.42 Å². The fraction of sp³-hybridized carbons (Fsp3) is 0. The fourth-order valence-electron chi connectivity index (χ4n) is 9.10. The molecule has 65 heavy (non-hydrogen) atoms. The molecule has 0 amide bonds. The molecule has 4 nitrogen and oxygen atoms in total. The summed E-state index contributed by atoms with van der Waals surface area (Å²) in [5.74, 6) is 1.77. The topological polar surface area (TPSA) is 51.8 Å². The summed E-state index contributed by atoms with van der Waals surface area (Å²) >= 11 is 0. The van der Waals surface area contributed by atoms with Gasteiger partial charge in [0.25, 0.3) is 0 Å². The summed E-state index contributed by atoms with van der Waals surface area (Å²) in [6.45, 7) is 0. The predicted octanol–water partition coefficient (Wildman–Crippen LogP) is 16.3. The molecule has 304 valence electrons. The van der Waals surface area contributed by atoms with Crippen LogP contribution in [0.4, 0.5) is 0 Å². The molecule has 12 aromatic rings. The van der Waals surface area contributed by atoms with Crippen LogP contribution in [-0.4, -0.2) is 15.0 Å². The molecule has 12 rings (SSSR count). The van der Waals surface area contributed by atoms with Crippen molar-refractivity contribution in [2.45, 2.75) is 0 Å². The second kappa shape index (κ2) is 16.2. The molecule has 0 radical (unpaired) electrons. The lowest BCUT2D eigenvalue weighted by Gasteiger charge is -2.12. The molecule has 0 aliphatic rings. The SMILES string of the molecule is c1ccc(-c2ccc(-c3nc(-c4ccc(-c5cccc(-c6ccccc6)c5)cc4)nc(-c4cccc5oc6c(-c7cc(-c8ccccc8)c8ccccc8c7)cccc6c45)n3)cc2)cc1. The Balaban J connectivity index is 0.995.